The van der Waals surface area contributed by atoms with Gasteiger partial charge in [0.15, 0.2) is 5.82 Å². The number of nitrogens with zero attached hydrogens (tertiary/aromatic N) is 7. The Hall–Kier alpha value is -4.49. The number of halogens is 4. The van der Waals surface area contributed by atoms with Crippen LogP contribution < -0.4 is 10.9 Å². The number of carbonyl (C=O) groups excluding carboxylic acids is 1. The minimum atomic E-state index is -0.923. The molecular formula is C31H28Cl2F2N8O3. The molecule has 0 bridgehead atoms. The van der Waals surface area contributed by atoms with Crippen LogP contribution in [0.5, 0.6) is 0 Å². The molecule has 238 valence electrons. The number of benzene rings is 2. The molecular weight excluding hydrogens is 641 g/mol. The molecule has 11 nitrogen and oxygen atoms in total. The topological polar surface area (TPSA) is 129 Å². The fourth-order valence-corrected chi connectivity index (χ4v) is 6.17. The van der Waals surface area contributed by atoms with Gasteiger partial charge in [-0.1, -0.05) is 37.0 Å². The third-order valence-corrected chi connectivity index (χ3v) is 8.62. The minimum absolute atomic E-state index is 0.0193. The Kier molecular flexibility index (Phi) is 8.01. The van der Waals surface area contributed by atoms with Crippen LogP contribution >= 0.6 is 23.2 Å². The summed E-state index contributed by atoms with van der Waals surface area (Å²) in [6, 6.07) is 8.53. The molecule has 2 aliphatic rings. The highest BCUT2D eigenvalue weighted by molar-refractivity contribution is 6.34. The average Bonchev–Trinajstić information content (AvgIpc) is 3.70. The summed E-state index contributed by atoms with van der Waals surface area (Å²) < 4.78 is 39.1. The summed E-state index contributed by atoms with van der Waals surface area (Å²) in [5.74, 6) is -1.73. The van der Waals surface area contributed by atoms with Gasteiger partial charge < -0.3 is 4.74 Å². The molecule has 1 N–H and O–H groups in total. The molecule has 0 aliphatic carbocycles. The molecule has 0 radical (unpaired) electrons. The molecule has 4 aromatic rings. The molecule has 0 spiro atoms. The van der Waals surface area contributed by atoms with Crippen LogP contribution in [0.1, 0.15) is 64.4 Å². The molecule has 4 heterocycles. The van der Waals surface area contributed by atoms with Crippen molar-refractivity contribution in [3.05, 3.63) is 86.3 Å². The van der Waals surface area contributed by atoms with Crippen molar-refractivity contribution in [2.75, 3.05) is 5.32 Å². The van der Waals surface area contributed by atoms with Crippen molar-refractivity contribution in [1.82, 2.24) is 29.8 Å². The number of tetrazole rings is 1. The zero-order valence-corrected chi connectivity index (χ0v) is 26.9. The Morgan fingerprint density at radius 3 is 2.54 bits per heavy atom. The Morgan fingerprint density at radius 2 is 1.85 bits per heavy atom. The summed E-state index contributed by atoms with van der Waals surface area (Å²) in [7, 11) is 0. The lowest BCUT2D eigenvalue weighted by Gasteiger charge is -2.21. The average molecular weight is 670 g/mol. The fourth-order valence-electron chi connectivity index (χ4n) is 5.79. The number of anilines is 1. The normalized spacial score (nSPS) is 19.3. The second-order valence-electron chi connectivity index (χ2n) is 12.2. The van der Waals surface area contributed by atoms with Crippen LogP contribution in [0.3, 0.4) is 0 Å². The number of carbonyl (C=O) groups is 1. The summed E-state index contributed by atoms with van der Waals surface area (Å²) >= 11 is 12.6. The van der Waals surface area contributed by atoms with Crippen LogP contribution in [-0.2, 0) is 4.74 Å². The number of fused-ring (bicyclic) bond motifs is 1. The predicted octanol–water partition coefficient (Wildman–Crippen LogP) is 7.16. The maximum atomic E-state index is 15.5. The highest BCUT2D eigenvalue weighted by Gasteiger charge is 2.42. The molecule has 1 amide bonds. The Labute approximate surface area is 271 Å². The lowest BCUT2D eigenvalue weighted by molar-refractivity contribution is 0.0636. The molecule has 0 unspecified atom stereocenters. The molecule has 46 heavy (non-hydrogen) atoms. The molecule has 6 rings (SSSR count). The van der Waals surface area contributed by atoms with E-state index < -0.39 is 34.5 Å². The SMILES string of the molecule is C[C@@H]1[C@@H](C2=NC(F)=C(c3ccc(NC(=O)OC(C)(C)C)c(Cl)c3F)C2)n2c(nc(-c3cc(Cl)ccc3-n3cnnn3)cc2=O)[C@@H]1C. The van der Waals surface area contributed by atoms with E-state index in [1.54, 1.807) is 39.0 Å². The number of hydrogen-bond acceptors (Lipinski definition) is 8. The van der Waals surface area contributed by atoms with Crippen LogP contribution in [0.4, 0.5) is 19.3 Å². The van der Waals surface area contributed by atoms with Crippen LogP contribution in [0.15, 0.2) is 58.5 Å². The van der Waals surface area contributed by atoms with Gasteiger partial charge in [0.05, 0.1) is 23.1 Å². The number of hydrogen-bond donors (Lipinski definition) is 1. The van der Waals surface area contributed by atoms with Gasteiger partial charge in [-0.25, -0.2) is 19.2 Å². The van der Waals surface area contributed by atoms with Crippen molar-refractivity contribution < 1.29 is 18.3 Å². The smallest absolute Gasteiger partial charge is 0.412 e. The lowest BCUT2D eigenvalue weighted by Crippen LogP contribution is -2.30. The number of aliphatic imine (C=N–C) groups is 1. The van der Waals surface area contributed by atoms with E-state index in [0.29, 0.717) is 33.5 Å². The molecule has 0 saturated carbocycles. The van der Waals surface area contributed by atoms with E-state index in [0.717, 1.165) is 0 Å². The van der Waals surface area contributed by atoms with E-state index >= 15 is 8.78 Å². The van der Waals surface area contributed by atoms with Gasteiger partial charge in [0.1, 0.15) is 22.8 Å². The summed E-state index contributed by atoms with van der Waals surface area (Å²) in [6.45, 7) is 8.93. The molecule has 3 atom stereocenters. The van der Waals surface area contributed by atoms with E-state index in [1.165, 1.54) is 33.8 Å². The lowest BCUT2D eigenvalue weighted by atomic mass is 9.88. The molecule has 2 aromatic heterocycles. The first-order valence-corrected chi connectivity index (χ1v) is 15.1. The summed E-state index contributed by atoms with van der Waals surface area (Å²) in [6.07, 6.45) is 0.544. The largest absolute Gasteiger partial charge is 0.444 e. The number of aromatic nitrogens is 6. The van der Waals surface area contributed by atoms with E-state index in [2.05, 4.69) is 25.8 Å². The summed E-state index contributed by atoms with van der Waals surface area (Å²) in [5.41, 5.74) is 0.555. The van der Waals surface area contributed by atoms with Crippen molar-refractivity contribution in [1.29, 1.82) is 0 Å². The Bertz CT molecular complexity index is 2000. The van der Waals surface area contributed by atoms with Gasteiger partial charge in [0.25, 0.3) is 5.56 Å². The number of allylic oxidation sites excluding steroid dienone is 1. The maximum Gasteiger partial charge on any atom is 0.412 e. The Balaban J connectivity index is 1.31. The van der Waals surface area contributed by atoms with Crippen molar-refractivity contribution >= 4 is 46.3 Å². The van der Waals surface area contributed by atoms with Gasteiger partial charge in [-0.05, 0) is 67.4 Å². The van der Waals surface area contributed by atoms with Gasteiger partial charge in [-0.3, -0.25) is 14.7 Å². The van der Waals surface area contributed by atoms with Gasteiger partial charge in [0, 0.05) is 45.8 Å². The highest BCUT2D eigenvalue weighted by Crippen LogP contribution is 2.45. The Morgan fingerprint density at radius 1 is 1.09 bits per heavy atom. The van der Waals surface area contributed by atoms with Gasteiger partial charge >= 0.3 is 6.09 Å². The summed E-state index contributed by atoms with van der Waals surface area (Å²) in [5, 5.41) is 13.8. The van der Waals surface area contributed by atoms with Crippen molar-refractivity contribution in [3.8, 4) is 16.9 Å². The van der Waals surface area contributed by atoms with E-state index in [-0.39, 0.29) is 40.6 Å². The van der Waals surface area contributed by atoms with Crippen LogP contribution in [0.2, 0.25) is 10.0 Å². The van der Waals surface area contributed by atoms with Crippen molar-refractivity contribution in [2.45, 2.75) is 58.6 Å². The first-order chi connectivity index (χ1) is 21.7. The van der Waals surface area contributed by atoms with E-state index in [4.69, 9.17) is 32.9 Å². The quantitative estimate of drug-likeness (QED) is 0.223. The van der Waals surface area contributed by atoms with Crippen LogP contribution in [0.25, 0.3) is 22.5 Å². The highest BCUT2D eigenvalue weighted by atomic mass is 35.5. The zero-order chi connectivity index (χ0) is 33.1. The van der Waals surface area contributed by atoms with E-state index in [1.807, 2.05) is 13.8 Å². The third kappa shape index (κ3) is 5.69. The molecule has 2 aliphatic heterocycles. The minimum Gasteiger partial charge on any atom is -0.444 e. The van der Waals surface area contributed by atoms with Crippen molar-refractivity contribution in [3.63, 3.8) is 0 Å². The number of ether oxygens (including phenoxy) is 1. The van der Waals surface area contributed by atoms with Crippen LogP contribution in [0, 0.1) is 11.7 Å². The fraction of sp³-hybridized carbons (Fsp3) is 0.323. The van der Waals surface area contributed by atoms with Gasteiger partial charge in [-0.2, -0.15) is 9.07 Å². The predicted molar refractivity (Wildman–Crippen MR) is 170 cm³/mol. The summed E-state index contributed by atoms with van der Waals surface area (Å²) in [4.78, 5) is 35.0. The second-order valence-corrected chi connectivity index (χ2v) is 13.0. The molecule has 2 aromatic carbocycles. The molecule has 0 saturated heterocycles. The van der Waals surface area contributed by atoms with Gasteiger partial charge in [-0.15, -0.1) is 5.10 Å². The number of amides is 1. The van der Waals surface area contributed by atoms with Gasteiger partial charge in [0.2, 0.25) is 5.95 Å². The second kappa shape index (κ2) is 11.7. The van der Waals surface area contributed by atoms with Crippen molar-refractivity contribution in [2.24, 2.45) is 10.9 Å². The van der Waals surface area contributed by atoms with Crippen LogP contribution in [-0.4, -0.2) is 47.2 Å². The molecule has 0 fully saturated rings. The monoisotopic (exact) mass is 668 g/mol. The first-order valence-electron chi connectivity index (χ1n) is 14.3. The maximum absolute atomic E-state index is 15.5. The first kappa shape index (κ1) is 31.5. The number of rotatable bonds is 5. The molecule has 15 heteroatoms. The standard InChI is InChI=1S/C31H28Cl2F2N8O3/c1-14-15(2)29-38-21(19-10-16(32)6-9-23(19)42-13-36-40-41-42)12-24(44)43(29)27(14)22-11-18(28(35)37-22)17-7-8-20(25(33)26(17)34)39-30(45)46-31(3,4)5/h6-10,12-15,27H,11H2,1-5H3,(H,39,45)/t14-,15+,27-/m0/s1. The third-order valence-electron chi connectivity index (χ3n) is 8.02. The zero-order valence-electron chi connectivity index (χ0n) is 25.3. The van der Waals surface area contributed by atoms with E-state index in [9.17, 15) is 9.59 Å². The number of nitrogens with one attached hydrogen (secondary N) is 1.